The highest BCUT2D eigenvalue weighted by Crippen LogP contribution is 2.55. The standard InChI is InChI=1S/C47H57F3N2O7SSi2/c1-44(2,3)61(7,8)58-40-29-36(42(53)51(31-33-21-13-11-14-22-33)38-27-19-20-28-39(38)57-60(55,56)47(48,49)50)46(30-41(40)59-62(9,10)45(4,5)6)35-25-17-18-26-37(35)52(43(46)54)32-34-23-15-12-16-24-34/h11-29,40-41H,30-32H2,1-10H3/t40-,41-,46-/m1/s1. The summed E-state index contributed by atoms with van der Waals surface area (Å²) in [5.74, 6) is -1.83. The van der Waals surface area contributed by atoms with Gasteiger partial charge in [0.15, 0.2) is 22.4 Å². The van der Waals surface area contributed by atoms with Crippen LogP contribution in [0.1, 0.15) is 64.7 Å². The molecule has 0 saturated carbocycles. The summed E-state index contributed by atoms with van der Waals surface area (Å²) >= 11 is 0. The lowest BCUT2D eigenvalue weighted by Crippen LogP contribution is -2.58. The third kappa shape index (κ3) is 9.10. The van der Waals surface area contributed by atoms with Crippen molar-refractivity contribution in [3.8, 4) is 5.75 Å². The molecule has 62 heavy (non-hydrogen) atoms. The maximum Gasteiger partial charge on any atom is 0.534 e. The largest absolute Gasteiger partial charge is 0.534 e. The Labute approximate surface area is 366 Å². The molecular weight excluding hydrogens is 850 g/mol. The molecule has 15 heteroatoms. The van der Waals surface area contributed by atoms with Crippen molar-refractivity contribution in [1.82, 2.24) is 0 Å². The fourth-order valence-electron chi connectivity index (χ4n) is 7.49. The summed E-state index contributed by atoms with van der Waals surface area (Å²) in [5, 5.41) is -0.519. The Kier molecular flexibility index (Phi) is 12.8. The van der Waals surface area contributed by atoms with Gasteiger partial charge in [-0.2, -0.15) is 21.6 Å². The molecule has 0 aromatic heterocycles. The van der Waals surface area contributed by atoms with Crippen LogP contribution in [0.25, 0.3) is 0 Å². The molecule has 9 nitrogen and oxygen atoms in total. The van der Waals surface area contributed by atoms with Gasteiger partial charge >= 0.3 is 15.6 Å². The number of rotatable bonds is 12. The first-order chi connectivity index (χ1) is 28.7. The number of alkyl halides is 3. The fraction of sp³-hybridized carbons (Fsp3) is 0.404. The number of anilines is 2. The second-order valence-electron chi connectivity index (χ2n) is 19.2. The van der Waals surface area contributed by atoms with Crippen LogP contribution in [-0.4, -0.2) is 54.6 Å². The van der Waals surface area contributed by atoms with E-state index in [0.717, 1.165) is 11.6 Å². The van der Waals surface area contributed by atoms with Crippen molar-refractivity contribution in [2.75, 3.05) is 9.80 Å². The smallest absolute Gasteiger partial charge is 0.411 e. The number of hydrogen-bond acceptors (Lipinski definition) is 7. The Morgan fingerprint density at radius 3 is 1.85 bits per heavy atom. The summed E-state index contributed by atoms with van der Waals surface area (Å²) in [6.07, 6.45) is 0.189. The predicted octanol–water partition coefficient (Wildman–Crippen LogP) is 11.0. The summed E-state index contributed by atoms with van der Waals surface area (Å²) in [7, 11) is -11.4. The van der Waals surface area contributed by atoms with E-state index in [2.05, 4.69) is 67.7 Å². The zero-order valence-corrected chi connectivity index (χ0v) is 39.9. The Bertz CT molecular complexity index is 2430. The number of amides is 2. The molecular formula is C47H57F3N2O7SSi2. The highest BCUT2D eigenvalue weighted by Gasteiger charge is 2.61. The van der Waals surface area contributed by atoms with Crippen LogP contribution in [0, 0.1) is 0 Å². The SMILES string of the molecule is CC(C)(C)[Si](C)(C)O[C@@H]1C=C(C(=O)N(Cc2ccccc2)c2ccccc2OS(=O)(=O)C(F)(F)F)[C@]2(C[C@H]1O[Si](C)(C)C(C)(C)C)C(=O)N(Cc1ccccc1)c1ccccc12. The van der Waals surface area contributed by atoms with Gasteiger partial charge in [0.1, 0.15) is 5.41 Å². The minimum Gasteiger partial charge on any atom is -0.411 e. The van der Waals surface area contributed by atoms with Crippen molar-refractivity contribution in [3.63, 3.8) is 0 Å². The molecule has 1 heterocycles. The van der Waals surface area contributed by atoms with Crippen LogP contribution in [-0.2, 0) is 47.1 Å². The minimum absolute atomic E-state index is 0.0112. The van der Waals surface area contributed by atoms with Crippen molar-refractivity contribution in [2.45, 2.75) is 120 Å². The van der Waals surface area contributed by atoms with E-state index in [9.17, 15) is 21.6 Å². The number of benzene rings is 4. The molecule has 1 spiro atoms. The van der Waals surface area contributed by atoms with Gasteiger partial charge in [0.2, 0.25) is 5.91 Å². The average Bonchev–Trinajstić information content (AvgIpc) is 3.40. The summed E-state index contributed by atoms with van der Waals surface area (Å²) < 4.78 is 85.9. The predicted molar refractivity (Wildman–Crippen MR) is 242 cm³/mol. The molecule has 0 fully saturated rings. The van der Waals surface area contributed by atoms with Gasteiger partial charge in [-0.15, -0.1) is 0 Å². The molecule has 4 aromatic carbocycles. The highest BCUT2D eigenvalue weighted by atomic mass is 32.2. The molecule has 2 amide bonds. The van der Waals surface area contributed by atoms with Crippen LogP contribution in [0.4, 0.5) is 24.5 Å². The number of nitrogens with zero attached hydrogens (tertiary/aromatic N) is 2. The first kappa shape index (κ1) is 46.9. The van der Waals surface area contributed by atoms with E-state index >= 15 is 9.59 Å². The molecule has 0 radical (unpaired) electrons. The summed E-state index contributed by atoms with van der Waals surface area (Å²) in [6, 6.07) is 30.8. The van der Waals surface area contributed by atoms with Crippen molar-refractivity contribution in [1.29, 1.82) is 0 Å². The van der Waals surface area contributed by atoms with E-state index in [4.69, 9.17) is 13.0 Å². The second-order valence-corrected chi connectivity index (χ2v) is 30.2. The van der Waals surface area contributed by atoms with Crippen LogP contribution < -0.4 is 14.0 Å². The summed E-state index contributed by atoms with van der Waals surface area (Å²) in [5.41, 5.74) is -5.03. The first-order valence-corrected chi connectivity index (χ1v) is 27.9. The van der Waals surface area contributed by atoms with E-state index in [1.807, 2.05) is 54.6 Å². The van der Waals surface area contributed by atoms with Gasteiger partial charge in [-0.1, -0.05) is 133 Å². The lowest BCUT2D eigenvalue weighted by atomic mass is 9.66. The molecule has 1 aliphatic carbocycles. The molecule has 6 rings (SSSR count). The van der Waals surface area contributed by atoms with Crippen molar-refractivity contribution < 1.29 is 44.2 Å². The monoisotopic (exact) mass is 906 g/mol. The van der Waals surface area contributed by atoms with Gasteiger partial charge in [-0.25, -0.2) is 0 Å². The molecule has 4 aromatic rings. The number of fused-ring (bicyclic) bond motifs is 2. The lowest BCUT2D eigenvalue weighted by molar-refractivity contribution is -0.127. The van der Waals surface area contributed by atoms with Gasteiger partial charge in [0, 0.05) is 11.3 Å². The number of para-hydroxylation sites is 3. The molecule has 2 aliphatic rings. The summed E-state index contributed by atoms with van der Waals surface area (Å²) in [4.78, 5) is 34.7. The topological polar surface area (TPSA) is 102 Å². The molecule has 0 saturated heterocycles. The quantitative estimate of drug-likeness (QED) is 0.0792. The van der Waals surface area contributed by atoms with Crippen LogP contribution in [0.2, 0.25) is 36.3 Å². The Morgan fingerprint density at radius 2 is 1.27 bits per heavy atom. The molecule has 1 aliphatic heterocycles. The van der Waals surface area contributed by atoms with E-state index in [1.54, 1.807) is 41.3 Å². The average molecular weight is 907 g/mol. The minimum atomic E-state index is -6.16. The van der Waals surface area contributed by atoms with Crippen LogP contribution in [0.3, 0.4) is 0 Å². The van der Waals surface area contributed by atoms with Gasteiger partial charge in [-0.3, -0.25) is 9.59 Å². The highest BCUT2D eigenvalue weighted by molar-refractivity contribution is 7.88. The number of carbonyl (C=O) groups excluding carboxylic acids is 2. The number of halogens is 3. The van der Waals surface area contributed by atoms with E-state index in [1.165, 1.54) is 23.1 Å². The zero-order valence-electron chi connectivity index (χ0n) is 37.0. The van der Waals surface area contributed by atoms with Crippen LogP contribution in [0.15, 0.2) is 121 Å². The van der Waals surface area contributed by atoms with Gasteiger partial charge in [0.25, 0.3) is 5.91 Å². The Morgan fingerprint density at radius 1 is 0.758 bits per heavy atom. The zero-order chi connectivity index (χ0) is 45.7. The van der Waals surface area contributed by atoms with Gasteiger partial charge in [-0.05, 0) is 83.7 Å². The van der Waals surface area contributed by atoms with E-state index < -0.39 is 61.5 Å². The third-order valence-corrected chi connectivity index (χ3v) is 22.8. The maximum absolute atomic E-state index is 16.0. The Balaban J connectivity index is 1.65. The maximum atomic E-state index is 16.0. The van der Waals surface area contributed by atoms with Gasteiger partial charge in [0.05, 0.1) is 31.0 Å². The molecule has 332 valence electrons. The van der Waals surface area contributed by atoms with E-state index in [-0.39, 0.29) is 46.8 Å². The lowest BCUT2D eigenvalue weighted by Gasteiger charge is -2.49. The number of carbonyl (C=O) groups is 2. The normalized spacial score (nSPS) is 19.9. The molecule has 0 unspecified atom stereocenters. The summed E-state index contributed by atoms with van der Waals surface area (Å²) in [6.45, 7) is 21.1. The first-order valence-electron chi connectivity index (χ1n) is 20.7. The van der Waals surface area contributed by atoms with E-state index in [0.29, 0.717) is 16.8 Å². The Hall–Kier alpha value is -4.55. The third-order valence-electron chi connectivity index (χ3n) is 12.9. The van der Waals surface area contributed by atoms with Crippen LogP contribution in [0.5, 0.6) is 5.75 Å². The van der Waals surface area contributed by atoms with Crippen LogP contribution >= 0.6 is 0 Å². The van der Waals surface area contributed by atoms with Crippen molar-refractivity contribution in [2.24, 2.45) is 0 Å². The van der Waals surface area contributed by atoms with Gasteiger partial charge < -0.3 is 22.8 Å². The molecule has 0 bridgehead atoms. The fourth-order valence-corrected chi connectivity index (χ4v) is 10.5. The van der Waals surface area contributed by atoms with Crippen molar-refractivity contribution in [3.05, 3.63) is 138 Å². The second kappa shape index (κ2) is 16.9. The number of hydrogen-bond donors (Lipinski definition) is 0. The molecule has 3 atom stereocenters. The van der Waals surface area contributed by atoms with Crippen molar-refractivity contribution >= 4 is 49.9 Å². The molecule has 0 N–H and O–H groups in total.